The molecule has 1 aliphatic heterocycles. The molecular formula is C43H45ClF3N5O4S. The van der Waals surface area contributed by atoms with E-state index in [9.17, 15) is 26.4 Å². The number of carbonyl (C=O) groups is 1. The lowest BCUT2D eigenvalue weighted by Crippen LogP contribution is -2.47. The van der Waals surface area contributed by atoms with E-state index in [1.165, 1.54) is 35.8 Å². The van der Waals surface area contributed by atoms with Crippen LogP contribution in [0.2, 0.25) is 5.02 Å². The predicted molar refractivity (Wildman–Crippen MR) is 220 cm³/mol. The highest BCUT2D eigenvalue weighted by molar-refractivity contribution is 7.90. The van der Waals surface area contributed by atoms with Gasteiger partial charge in [0.2, 0.25) is 0 Å². The molecule has 2 aliphatic rings. The number of fused-ring (bicyclic) bond motifs is 1. The zero-order chi connectivity index (χ0) is 40.5. The Balaban J connectivity index is 1.10. The molecule has 1 aromatic heterocycles. The number of halogens is 4. The minimum absolute atomic E-state index is 0.00410. The molecule has 5 aromatic rings. The smallest absolute Gasteiger partial charge is 0.405 e. The van der Waals surface area contributed by atoms with Gasteiger partial charge in [-0.3, -0.25) is 9.69 Å². The monoisotopic (exact) mass is 819 g/mol. The third-order valence-corrected chi connectivity index (χ3v) is 12.3. The van der Waals surface area contributed by atoms with Gasteiger partial charge in [-0.2, -0.15) is 13.2 Å². The van der Waals surface area contributed by atoms with E-state index in [1.54, 1.807) is 30.5 Å². The lowest BCUT2D eigenvalue weighted by molar-refractivity contribution is -0.115. The Morgan fingerprint density at radius 1 is 0.947 bits per heavy atom. The molecule has 0 spiro atoms. The SMILES string of the molecule is Cc1cc(S(=O)(=O)NC(=O)c2ccc(N3CCN(CC4=C(c5ccc(Cl)cc5)CC(C)(C)CC4)CC3)cc2Oc2cccc3[nH]ccc23)ccc1NCC(F)(F)F. The highest BCUT2D eigenvalue weighted by atomic mass is 35.5. The first-order valence-electron chi connectivity index (χ1n) is 18.8. The maximum Gasteiger partial charge on any atom is 0.405 e. The third-order valence-electron chi connectivity index (χ3n) is 10.7. The highest BCUT2D eigenvalue weighted by Crippen LogP contribution is 2.43. The van der Waals surface area contributed by atoms with Crippen LogP contribution in [0.5, 0.6) is 11.5 Å². The summed E-state index contributed by atoms with van der Waals surface area (Å²) in [7, 11) is -4.42. The summed E-state index contributed by atoms with van der Waals surface area (Å²) in [6.45, 7) is 8.86. The fraction of sp³-hybridized carbons (Fsp3) is 0.326. The fourth-order valence-corrected chi connectivity index (χ4v) is 8.75. The Morgan fingerprint density at radius 2 is 1.70 bits per heavy atom. The Bertz CT molecular complexity index is 2420. The maximum absolute atomic E-state index is 13.8. The van der Waals surface area contributed by atoms with Gasteiger partial charge in [0.15, 0.2) is 0 Å². The molecule has 1 aliphatic carbocycles. The zero-order valence-electron chi connectivity index (χ0n) is 32.0. The molecule has 4 aromatic carbocycles. The van der Waals surface area contributed by atoms with Crippen molar-refractivity contribution in [2.75, 3.05) is 49.5 Å². The van der Waals surface area contributed by atoms with Gasteiger partial charge < -0.3 is 19.9 Å². The number of carbonyl (C=O) groups excluding carboxylic acids is 1. The number of hydrogen-bond acceptors (Lipinski definition) is 7. The number of nitrogens with one attached hydrogen (secondary N) is 3. The molecule has 300 valence electrons. The Hall–Kier alpha value is -4.98. The zero-order valence-corrected chi connectivity index (χ0v) is 33.5. The molecular weight excluding hydrogens is 775 g/mol. The van der Waals surface area contributed by atoms with Gasteiger partial charge in [0, 0.05) is 72.3 Å². The number of rotatable bonds is 11. The van der Waals surface area contributed by atoms with Crippen LogP contribution in [0, 0.1) is 12.3 Å². The van der Waals surface area contributed by atoms with E-state index in [2.05, 4.69) is 50.8 Å². The minimum atomic E-state index is -4.45. The Kier molecular flexibility index (Phi) is 11.4. The Labute approximate surface area is 335 Å². The summed E-state index contributed by atoms with van der Waals surface area (Å²) in [5.41, 5.74) is 6.37. The van der Waals surface area contributed by atoms with Crippen LogP contribution in [0.15, 0.2) is 102 Å². The van der Waals surface area contributed by atoms with Gasteiger partial charge in [-0.1, -0.05) is 49.2 Å². The quantitative estimate of drug-likeness (QED) is 0.122. The minimum Gasteiger partial charge on any atom is -0.456 e. The molecule has 7 rings (SSSR count). The number of nitrogens with zero attached hydrogens (tertiary/aromatic N) is 2. The predicted octanol–water partition coefficient (Wildman–Crippen LogP) is 9.80. The van der Waals surface area contributed by atoms with E-state index in [0.29, 0.717) is 5.75 Å². The molecule has 9 nitrogen and oxygen atoms in total. The fourth-order valence-electron chi connectivity index (χ4n) is 7.57. The summed E-state index contributed by atoms with van der Waals surface area (Å²) in [5, 5.41) is 3.77. The number of ether oxygens (including phenoxy) is 1. The number of benzene rings is 4. The van der Waals surface area contributed by atoms with Crippen molar-refractivity contribution in [1.29, 1.82) is 0 Å². The number of aromatic nitrogens is 1. The Morgan fingerprint density at radius 3 is 2.42 bits per heavy atom. The molecule has 0 unspecified atom stereocenters. The van der Waals surface area contributed by atoms with Gasteiger partial charge in [0.1, 0.15) is 18.0 Å². The summed E-state index contributed by atoms with van der Waals surface area (Å²) in [4.78, 5) is 21.4. The molecule has 57 heavy (non-hydrogen) atoms. The summed E-state index contributed by atoms with van der Waals surface area (Å²) >= 11 is 6.22. The van der Waals surface area contributed by atoms with E-state index in [4.69, 9.17) is 16.3 Å². The lowest BCUT2D eigenvalue weighted by Gasteiger charge is -2.39. The summed E-state index contributed by atoms with van der Waals surface area (Å²) in [6, 6.07) is 24.2. The standard InChI is InChI=1S/C43H45ClF3N5O4S/c1-28-23-33(12-14-37(28)49-27-43(45,46)47)57(54,55)50-41(53)35-13-11-32(24-40(35)56-39-6-4-5-38-34(39)16-18-48-38)52-21-19-51(20-22-52)26-30-15-17-42(2,3)25-36(30)29-7-9-31(44)10-8-29/h4-14,16,18,23-24,48-49H,15,17,19-22,25-27H2,1-3H3,(H,50,53). The number of alkyl halides is 3. The van der Waals surface area contributed by atoms with Crippen LogP contribution in [-0.2, 0) is 10.0 Å². The van der Waals surface area contributed by atoms with Crippen molar-refractivity contribution in [2.45, 2.75) is 51.1 Å². The van der Waals surface area contributed by atoms with Crippen LogP contribution in [0.1, 0.15) is 54.6 Å². The van der Waals surface area contributed by atoms with Crippen LogP contribution in [0.4, 0.5) is 24.5 Å². The van der Waals surface area contributed by atoms with Crippen molar-refractivity contribution in [3.05, 3.63) is 118 Å². The van der Waals surface area contributed by atoms with Gasteiger partial charge in [0.05, 0.1) is 10.5 Å². The van der Waals surface area contributed by atoms with E-state index >= 15 is 0 Å². The van der Waals surface area contributed by atoms with Crippen molar-refractivity contribution in [3.8, 4) is 11.5 Å². The number of sulfonamides is 1. The van der Waals surface area contributed by atoms with E-state index in [-0.39, 0.29) is 32.9 Å². The second-order valence-corrected chi connectivity index (χ2v) is 17.7. The molecule has 0 radical (unpaired) electrons. The number of aryl methyl sites for hydroxylation is 1. The average Bonchev–Trinajstić information content (AvgIpc) is 3.65. The van der Waals surface area contributed by atoms with E-state index in [0.717, 1.165) is 79.7 Å². The van der Waals surface area contributed by atoms with Crippen molar-refractivity contribution < 1.29 is 31.1 Å². The van der Waals surface area contributed by atoms with E-state index < -0.39 is 28.7 Å². The number of aromatic amines is 1. The second-order valence-electron chi connectivity index (χ2n) is 15.6. The van der Waals surface area contributed by atoms with Crippen LogP contribution >= 0.6 is 11.6 Å². The van der Waals surface area contributed by atoms with Gasteiger partial charge in [-0.15, -0.1) is 0 Å². The van der Waals surface area contributed by atoms with Crippen molar-refractivity contribution >= 4 is 55.4 Å². The van der Waals surface area contributed by atoms with E-state index in [1.807, 2.05) is 30.3 Å². The van der Waals surface area contributed by atoms with Gasteiger partial charge in [0.25, 0.3) is 15.9 Å². The van der Waals surface area contributed by atoms with Crippen molar-refractivity contribution in [2.24, 2.45) is 5.41 Å². The molecule has 14 heteroatoms. The van der Waals surface area contributed by atoms with Crippen LogP contribution in [0.3, 0.4) is 0 Å². The normalized spacial score (nSPS) is 16.5. The molecule has 1 amide bonds. The third kappa shape index (κ3) is 9.60. The summed E-state index contributed by atoms with van der Waals surface area (Å²) in [5.74, 6) is -0.271. The topological polar surface area (TPSA) is 107 Å². The van der Waals surface area contributed by atoms with Gasteiger partial charge in [-0.25, -0.2) is 13.1 Å². The number of amides is 1. The molecule has 1 fully saturated rings. The molecule has 1 saturated heterocycles. The van der Waals surface area contributed by atoms with Crippen LogP contribution < -0.4 is 19.7 Å². The molecule has 0 atom stereocenters. The number of hydrogen-bond donors (Lipinski definition) is 3. The number of H-pyrrole nitrogens is 1. The second kappa shape index (κ2) is 16.1. The molecule has 3 N–H and O–H groups in total. The first-order chi connectivity index (χ1) is 27.0. The van der Waals surface area contributed by atoms with Gasteiger partial charge >= 0.3 is 6.18 Å². The first-order valence-corrected chi connectivity index (χ1v) is 20.7. The average molecular weight is 820 g/mol. The summed E-state index contributed by atoms with van der Waals surface area (Å²) in [6.07, 6.45) is 0.522. The van der Waals surface area contributed by atoms with Crippen molar-refractivity contribution in [1.82, 2.24) is 14.6 Å². The van der Waals surface area contributed by atoms with Crippen LogP contribution in [-0.4, -0.2) is 69.7 Å². The largest absolute Gasteiger partial charge is 0.456 e. The maximum atomic E-state index is 13.8. The van der Waals surface area contributed by atoms with Crippen molar-refractivity contribution in [3.63, 3.8) is 0 Å². The molecule has 0 saturated carbocycles. The molecule has 0 bridgehead atoms. The highest BCUT2D eigenvalue weighted by Gasteiger charge is 2.31. The molecule has 2 heterocycles. The van der Waals surface area contributed by atoms with Gasteiger partial charge in [-0.05, 0) is 109 Å². The lowest BCUT2D eigenvalue weighted by atomic mass is 9.72. The van der Waals surface area contributed by atoms with Crippen LogP contribution in [0.25, 0.3) is 16.5 Å². The summed E-state index contributed by atoms with van der Waals surface area (Å²) < 4.78 is 73.7. The first kappa shape index (κ1) is 40.2. The number of piperazine rings is 1. The number of allylic oxidation sites excluding steroid dienone is 1. The number of anilines is 2.